The van der Waals surface area contributed by atoms with Crippen molar-refractivity contribution in [3.8, 4) is 5.75 Å². The Balaban J connectivity index is 2.32. The molecule has 0 aromatic heterocycles. The van der Waals surface area contributed by atoms with Crippen LogP contribution in [-0.4, -0.2) is 12.5 Å². The molecular weight excluding hydrogens is 327 g/mol. The molecule has 108 valence electrons. The minimum atomic E-state index is 0.551. The van der Waals surface area contributed by atoms with E-state index in [9.17, 15) is 0 Å². The zero-order valence-electron chi connectivity index (χ0n) is 11.2. The molecule has 0 aliphatic heterocycles. The summed E-state index contributed by atoms with van der Waals surface area (Å²) in [5.74, 6) is 1.35. The topological polar surface area (TPSA) is 9.23 Å². The molecule has 0 saturated heterocycles. The second-order valence-corrected chi connectivity index (χ2v) is 5.96. The number of rotatable bonds is 4. The van der Waals surface area contributed by atoms with Crippen LogP contribution < -0.4 is 4.74 Å². The third-order valence-corrected chi connectivity index (χ3v) is 4.31. The summed E-state index contributed by atoms with van der Waals surface area (Å²) in [5, 5.41) is 5.26. The molecule has 0 fully saturated rings. The number of hydrogen-bond donors (Lipinski definition) is 0. The van der Waals surface area contributed by atoms with Crippen molar-refractivity contribution in [3.05, 3.63) is 52.5 Å². The van der Waals surface area contributed by atoms with Gasteiger partial charge in [-0.3, -0.25) is 0 Å². The van der Waals surface area contributed by atoms with Crippen molar-refractivity contribution in [3.63, 3.8) is 0 Å². The normalized spacial score (nSPS) is 11.2. The van der Waals surface area contributed by atoms with Gasteiger partial charge in [0.2, 0.25) is 0 Å². The van der Waals surface area contributed by atoms with Crippen LogP contribution in [-0.2, 0) is 0 Å². The molecule has 3 aromatic rings. The van der Waals surface area contributed by atoms with Crippen LogP contribution in [0.5, 0.6) is 5.75 Å². The maximum atomic E-state index is 6.38. The Kier molecular flexibility index (Phi) is 4.44. The molecule has 0 unspecified atom stereocenters. The Morgan fingerprint density at radius 3 is 2.48 bits per heavy atom. The first-order valence-electron chi connectivity index (χ1n) is 6.70. The van der Waals surface area contributed by atoms with Gasteiger partial charge in [0, 0.05) is 27.1 Å². The van der Waals surface area contributed by atoms with Gasteiger partial charge in [0.25, 0.3) is 0 Å². The molecule has 21 heavy (non-hydrogen) atoms. The highest BCUT2D eigenvalue weighted by Gasteiger charge is 2.13. The van der Waals surface area contributed by atoms with Crippen LogP contribution in [0, 0.1) is 0 Å². The summed E-state index contributed by atoms with van der Waals surface area (Å²) < 4.78 is 5.98. The van der Waals surface area contributed by atoms with Gasteiger partial charge in [-0.2, -0.15) is 0 Å². The van der Waals surface area contributed by atoms with Crippen molar-refractivity contribution in [2.75, 3.05) is 12.5 Å². The number of halogens is 3. The molecule has 0 radical (unpaired) electrons. The van der Waals surface area contributed by atoms with Crippen LogP contribution >= 0.6 is 34.8 Å². The van der Waals surface area contributed by atoms with E-state index in [0.717, 1.165) is 33.7 Å². The zero-order valence-corrected chi connectivity index (χ0v) is 13.5. The molecular formula is C17H13Cl3O. The lowest BCUT2D eigenvalue weighted by Gasteiger charge is -2.14. The maximum Gasteiger partial charge on any atom is 0.136 e. The fourth-order valence-corrected chi connectivity index (χ4v) is 3.06. The van der Waals surface area contributed by atoms with Crippen molar-refractivity contribution < 1.29 is 4.74 Å². The Morgan fingerprint density at radius 2 is 1.67 bits per heavy atom. The molecule has 4 heteroatoms. The fraction of sp³-hybridized carbons (Fsp3) is 0.176. The lowest BCUT2D eigenvalue weighted by molar-refractivity contribution is 0.326. The van der Waals surface area contributed by atoms with Gasteiger partial charge in [-0.15, -0.1) is 11.6 Å². The lowest BCUT2D eigenvalue weighted by atomic mass is 10.0. The second kappa shape index (κ2) is 6.31. The summed E-state index contributed by atoms with van der Waals surface area (Å²) in [6.07, 6.45) is 0.782. The third kappa shape index (κ3) is 2.78. The van der Waals surface area contributed by atoms with E-state index in [2.05, 4.69) is 0 Å². The average Bonchev–Trinajstić information content (AvgIpc) is 2.48. The van der Waals surface area contributed by atoms with Crippen LogP contribution in [0.1, 0.15) is 6.42 Å². The number of fused-ring (bicyclic) bond motifs is 2. The molecule has 3 aromatic carbocycles. The van der Waals surface area contributed by atoms with Gasteiger partial charge in [-0.1, -0.05) is 47.5 Å². The highest BCUT2D eigenvalue weighted by atomic mass is 35.5. The maximum absolute atomic E-state index is 6.38. The van der Waals surface area contributed by atoms with Gasteiger partial charge in [-0.25, -0.2) is 0 Å². The van der Waals surface area contributed by atoms with Crippen LogP contribution in [0.15, 0.2) is 42.5 Å². The van der Waals surface area contributed by atoms with Gasteiger partial charge < -0.3 is 4.74 Å². The van der Waals surface area contributed by atoms with Crippen LogP contribution in [0.2, 0.25) is 10.0 Å². The third-order valence-electron chi connectivity index (χ3n) is 3.39. The summed E-state index contributed by atoms with van der Waals surface area (Å²) in [4.78, 5) is 0. The Hall–Kier alpha value is -1.15. The lowest BCUT2D eigenvalue weighted by Crippen LogP contribution is -1.99. The van der Waals surface area contributed by atoms with E-state index in [1.165, 1.54) is 0 Å². The molecule has 0 amide bonds. The largest absolute Gasteiger partial charge is 0.492 e. The SMILES string of the molecule is ClCCCOc1c2cccc(Cl)c2cc2cccc(Cl)c12. The van der Waals surface area contributed by atoms with Gasteiger partial charge in [-0.05, 0) is 30.0 Å². The molecule has 0 saturated carbocycles. The standard InChI is InChI=1S/C17H13Cl3O/c18-8-3-9-21-17-12-5-2-6-14(19)13(12)10-11-4-1-7-15(20)16(11)17/h1-2,4-7,10H,3,8-9H2. The van der Waals surface area contributed by atoms with E-state index in [0.29, 0.717) is 22.5 Å². The van der Waals surface area contributed by atoms with E-state index < -0.39 is 0 Å². The summed E-state index contributed by atoms with van der Waals surface area (Å²) in [6.45, 7) is 0.551. The summed E-state index contributed by atoms with van der Waals surface area (Å²) in [6, 6.07) is 13.7. The van der Waals surface area contributed by atoms with E-state index in [1.54, 1.807) is 0 Å². The molecule has 0 aliphatic rings. The number of alkyl halides is 1. The number of ether oxygens (including phenoxy) is 1. The monoisotopic (exact) mass is 338 g/mol. The molecule has 0 heterocycles. The van der Waals surface area contributed by atoms with E-state index in [4.69, 9.17) is 39.5 Å². The average molecular weight is 340 g/mol. The molecule has 0 atom stereocenters. The van der Waals surface area contributed by atoms with Crippen LogP contribution in [0.25, 0.3) is 21.5 Å². The smallest absolute Gasteiger partial charge is 0.136 e. The van der Waals surface area contributed by atoms with E-state index in [-0.39, 0.29) is 0 Å². The molecule has 0 aliphatic carbocycles. The van der Waals surface area contributed by atoms with Crippen molar-refractivity contribution in [2.24, 2.45) is 0 Å². The minimum Gasteiger partial charge on any atom is -0.492 e. The summed E-state index contributed by atoms with van der Waals surface area (Å²) in [5.41, 5.74) is 0. The van der Waals surface area contributed by atoms with E-state index in [1.807, 2.05) is 42.5 Å². The number of benzene rings is 3. The van der Waals surface area contributed by atoms with Crippen LogP contribution in [0.3, 0.4) is 0 Å². The highest BCUT2D eigenvalue weighted by molar-refractivity contribution is 6.39. The van der Waals surface area contributed by atoms with Gasteiger partial charge >= 0.3 is 0 Å². The molecule has 0 N–H and O–H groups in total. The number of hydrogen-bond acceptors (Lipinski definition) is 1. The van der Waals surface area contributed by atoms with Crippen molar-refractivity contribution in [2.45, 2.75) is 6.42 Å². The quantitative estimate of drug-likeness (QED) is 0.307. The predicted molar refractivity (Wildman–Crippen MR) is 92.3 cm³/mol. The van der Waals surface area contributed by atoms with Crippen molar-refractivity contribution in [1.29, 1.82) is 0 Å². The molecule has 0 spiro atoms. The molecule has 1 nitrogen and oxygen atoms in total. The van der Waals surface area contributed by atoms with Crippen molar-refractivity contribution >= 4 is 56.3 Å². The minimum absolute atomic E-state index is 0.551. The van der Waals surface area contributed by atoms with Gasteiger partial charge in [0.05, 0.1) is 11.6 Å². The Morgan fingerprint density at radius 1 is 0.905 bits per heavy atom. The van der Waals surface area contributed by atoms with E-state index >= 15 is 0 Å². The molecule has 3 rings (SSSR count). The zero-order chi connectivity index (χ0) is 14.8. The second-order valence-electron chi connectivity index (χ2n) is 4.77. The predicted octanol–water partition coefficient (Wildman–Crippen LogP) is 6.31. The highest BCUT2D eigenvalue weighted by Crippen LogP contribution is 2.40. The fourth-order valence-electron chi connectivity index (χ4n) is 2.45. The summed E-state index contributed by atoms with van der Waals surface area (Å²) in [7, 11) is 0. The van der Waals surface area contributed by atoms with Gasteiger partial charge in [0.15, 0.2) is 0 Å². The van der Waals surface area contributed by atoms with Crippen molar-refractivity contribution in [1.82, 2.24) is 0 Å². The molecule has 0 bridgehead atoms. The van der Waals surface area contributed by atoms with Crippen LogP contribution in [0.4, 0.5) is 0 Å². The first-order chi connectivity index (χ1) is 10.2. The summed E-state index contributed by atoms with van der Waals surface area (Å²) >= 11 is 18.4. The Bertz CT molecular complexity index is 799. The van der Waals surface area contributed by atoms with Gasteiger partial charge in [0.1, 0.15) is 5.75 Å². The first-order valence-corrected chi connectivity index (χ1v) is 7.99. The first kappa shape index (κ1) is 14.8. The Labute approximate surface area is 138 Å².